The third kappa shape index (κ3) is 6.56. The van der Waals surface area contributed by atoms with E-state index in [-0.39, 0.29) is 11.8 Å². The fourth-order valence-corrected chi connectivity index (χ4v) is 4.39. The van der Waals surface area contributed by atoms with Gasteiger partial charge in [0, 0.05) is 31.5 Å². The smallest absolute Gasteiger partial charge is 0.224 e. The lowest BCUT2D eigenvalue weighted by Crippen LogP contribution is -2.51. The van der Waals surface area contributed by atoms with Crippen LogP contribution in [0, 0.1) is 11.3 Å². The first-order chi connectivity index (χ1) is 13.4. The molecular weight excluding hydrogens is 348 g/mol. The Morgan fingerprint density at radius 1 is 1.21 bits per heavy atom. The van der Waals surface area contributed by atoms with E-state index in [0.717, 1.165) is 31.5 Å². The molecule has 1 aromatic heterocycles. The van der Waals surface area contributed by atoms with Gasteiger partial charge in [0.15, 0.2) is 0 Å². The summed E-state index contributed by atoms with van der Waals surface area (Å²) >= 11 is 0. The van der Waals surface area contributed by atoms with Crippen molar-refractivity contribution in [1.82, 2.24) is 20.1 Å². The van der Waals surface area contributed by atoms with E-state index < -0.39 is 0 Å². The van der Waals surface area contributed by atoms with Crippen LogP contribution in [0.25, 0.3) is 0 Å². The van der Waals surface area contributed by atoms with E-state index in [2.05, 4.69) is 40.9 Å². The molecule has 3 heterocycles. The minimum absolute atomic E-state index is 0.129. The number of carbonyl (C=O) groups is 1. The predicted octanol–water partition coefficient (Wildman–Crippen LogP) is 3.31. The highest BCUT2D eigenvalue weighted by atomic mass is 16.1. The number of likely N-dealkylation sites (tertiary alicyclic amines) is 2. The molecule has 2 aliphatic heterocycles. The first kappa shape index (κ1) is 21.3. The van der Waals surface area contributed by atoms with E-state index in [4.69, 9.17) is 0 Å². The Morgan fingerprint density at radius 2 is 2.00 bits per heavy atom. The van der Waals surface area contributed by atoms with Crippen LogP contribution in [-0.4, -0.2) is 59.5 Å². The van der Waals surface area contributed by atoms with Gasteiger partial charge in [0.1, 0.15) is 0 Å². The maximum Gasteiger partial charge on any atom is 0.224 e. The number of carbonyl (C=O) groups excluding carboxylic acids is 1. The molecule has 0 spiro atoms. The number of nitrogens with zero attached hydrogens (tertiary/aromatic N) is 3. The van der Waals surface area contributed by atoms with Crippen LogP contribution in [-0.2, 0) is 11.3 Å². The number of amides is 1. The summed E-state index contributed by atoms with van der Waals surface area (Å²) in [7, 11) is 0. The van der Waals surface area contributed by atoms with Crippen LogP contribution in [0.15, 0.2) is 24.5 Å². The van der Waals surface area contributed by atoms with Crippen LogP contribution in [0.3, 0.4) is 0 Å². The molecule has 0 unspecified atom stereocenters. The quantitative estimate of drug-likeness (QED) is 0.815. The summed E-state index contributed by atoms with van der Waals surface area (Å²) in [4.78, 5) is 22.0. The molecule has 0 saturated carbocycles. The molecule has 0 radical (unpaired) electrons. The normalized spacial score (nSPS) is 22.9. The number of hydrogen-bond donors (Lipinski definition) is 1. The van der Waals surface area contributed by atoms with E-state index in [1.807, 2.05) is 18.3 Å². The van der Waals surface area contributed by atoms with Gasteiger partial charge in [-0.05, 0) is 75.3 Å². The summed E-state index contributed by atoms with van der Waals surface area (Å²) in [6.07, 6.45) is 9.48. The highest BCUT2D eigenvalue weighted by molar-refractivity contribution is 5.78. The number of hydrogen-bond acceptors (Lipinski definition) is 4. The number of piperidine rings is 2. The lowest BCUT2D eigenvalue weighted by Gasteiger charge is -2.42. The second-order valence-corrected chi connectivity index (χ2v) is 9.80. The van der Waals surface area contributed by atoms with Crippen LogP contribution in [0.5, 0.6) is 0 Å². The zero-order valence-corrected chi connectivity index (χ0v) is 18.0. The average Bonchev–Trinajstić information content (AvgIpc) is 2.71. The number of nitrogens with one attached hydrogen (secondary N) is 1. The van der Waals surface area contributed by atoms with E-state index in [1.54, 1.807) is 6.20 Å². The van der Waals surface area contributed by atoms with Crippen molar-refractivity contribution in [3.63, 3.8) is 0 Å². The van der Waals surface area contributed by atoms with Crippen molar-refractivity contribution in [2.75, 3.05) is 32.7 Å². The zero-order chi connectivity index (χ0) is 20.0. The second kappa shape index (κ2) is 9.84. The Bertz CT molecular complexity index is 605. The van der Waals surface area contributed by atoms with Crippen LogP contribution in [0.4, 0.5) is 0 Å². The molecule has 0 aromatic carbocycles. The largest absolute Gasteiger partial charge is 0.352 e. The second-order valence-electron chi connectivity index (χ2n) is 9.80. The molecule has 28 heavy (non-hydrogen) atoms. The van der Waals surface area contributed by atoms with E-state index in [1.165, 1.54) is 38.9 Å². The molecule has 1 atom stereocenters. The molecule has 5 nitrogen and oxygen atoms in total. The molecule has 1 aromatic rings. The standard InChI is InChI=1S/C23H38N4O/c1-23(2,3)10-15-26-13-8-21(9-14-26)27-12-5-7-20(18-27)22(28)25-17-19-6-4-11-24-16-19/h4,6,11,16,20-21H,5,7-10,12-15,17-18H2,1-3H3,(H,25,28)/t20-/m1/s1. The van der Waals surface area contributed by atoms with Crippen LogP contribution < -0.4 is 5.32 Å². The zero-order valence-electron chi connectivity index (χ0n) is 18.0. The van der Waals surface area contributed by atoms with E-state index in [0.29, 0.717) is 18.0 Å². The molecule has 1 N–H and O–H groups in total. The van der Waals surface area contributed by atoms with Gasteiger partial charge in [0.25, 0.3) is 0 Å². The fraction of sp³-hybridized carbons (Fsp3) is 0.739. The van der Waals surface area contributed by atoms with Crippen LogP contribution >= 0.6 is 0 Å². The molecule has 156 valence electrons. The maximum absolute atomic E-state index is 12.7. The van der Waals surface area contributed by atoms with Gasteiger partial charge in [-0.2, -0.15) is 0 Å². The van der Waals surface area contributed by atoms with Gasteiger partial charge in [0.05, 0.1) is 5.92 Å². The van der Waals surface area contributed by atoms with Gasteiger partial charge in [-0.25, -0.2) is 0 Å². The first-order valence-electron chi connectivity index (χ1n) is 11.0. The molecule has 3 rings (SSSR count). The lowest BCUT2D eigenvalue weighted by atomic mass is 9.91. The summed E-state index contributed by atoms with van der Waals surface area (Å²) < 4.78 is 0. The van der Waals surface area contributed by atoms with Crippen molar-refractivity contribution in [1.29, 1.82) is 0 Å². The first-order valence-corrected chi connectivity index (χ1v) is 11.0. The van der Waals surface area contributed by atoms with Gasteiger partial charge in [-0.3, -0.25) is 14.7 Å². The Labute approximate surface area is 170 Å². The van der Waals surface area contributed by atoms with Crippen molar-refractivity contribution in [3.05, 3.63) is 30.1 Å². The summed E-state index contributed by atoms with van der Waals surface area (Å²) in [5.41, 5.74) is 1.48. The van der Waals surface area contributed by atoms with Crippen molar-refractivity contribution >= 4 is 5.91 Å². The van der Waals surface area contributed by atoms with Crippen molar-refractivity contribution in [2.24, 2.45) is 11.3 Å². The summed E-state index contributed by atoms with van der Waals surface area (Å²) in [6.45, 7) is 13.3. The van der Waals surface area contributed by atoms with Gasteiger partial charge in [0.2, 0.25) is 5.91 Å². The molecule has 2 saturated heterocycles. The van der Waals surface area contributed by atoms with Crippen molar-refractivity contribution in [2.45, 2.75) is 65.5 Å². The Morgan fingerprint density at radius 3 is 2.68 bits per heavy atom. The minimum atomic E-state index is 0.129. The minimum Gasteiger partial charge on any atom is -0.352 e. The van der Waals surface area contributed by atoms with E-state index in [9.17, 15) is 4.79 Å². The van der Waals surface area contributed by atoms with Gasteiger partial charge in [-0.15, -0.1) is 0 Å². The molecular formula is C23H38N4O. The average molecular weight is 387 g/mol. The van der Waals surface area contributed by atoms with Gasteiger partial charge < -0.3 is 10.2 Å². The summed E-state index contributed by atoms with van der Waals surface area (Å²) in [6, 6.07) is 4.57. The SMILES string of the molecule is CC(C)(C)CCN1CCC(N2CCC[C@@H](C(=O)NCc3cccnc3)C2)CC1. The van der Waals surface area contributed by atoms with E-state index >= 15 is 0 Å². The monoisotopic (exact) mass is 386 g/mol. The maximum atomic E-state index is 12.7. The Balaban J connectivity index is 1.41. The number of rotatable bonds is 6. The highest BCUT2D eigenvalue weighted by Gasteiger charge is 2.31. The predicted molar refractivity (Wildman–Crippen MR) is 114 cm³/mol. The molecule has 1 amide bonds. The molecule has 2 aliphatic rings. The molecule has 0 aliphatic carbocycles. The van der Waals surface area contributed by atoms with Crippen LogP contribution in [0.2, 0.25) is 0 Å². The molecule has 5 heteroatoms. The third-order valence-electron chi connectivity index (χ3n) is 6.26. The third-order valence-corrected chi connectivity index (χ3v) is 6.26. The Hall–Kier alpha value is -1.46. The highest BCUT2D eigenvalue weighted by Crippen LogP contribution is 2.25. The van der Waals surface area contributed by atoms with Gasteiger partial charge >= 0.3 is 0 Å². The fourth-order valence-electron chi connectivity index (χ4n) is 4.39. The van der Waals surface area contributed by atoms with Gasteiger partial charge in [-0.1, -0.05) is 26.8 Å². The summed E-state index contributed by atoms with van der Waals surface area (Å²) in [5, 5.41) is 3.12. The molecule has 2 fully saturated rings. The number of aromatic nitrogens is 1. The van der Waals surface area contributed by atoms with Crippen molar-refractivity contribution in [3.8, 4) is 0 Å². The summed E-state index contributed by atoms with van der Waals surface area (Å²) in [5.74, 6) is 0.334. The lowest BCUT2D eigenvalue weighted by molar-refractivity contribution is -0.127. The topological polar surface area (TPSA) is 48.5 Å². The van der Waals surface area contributed by atoms with Crippen molar-refractivity contribution < 1.29 is 4.79 Å². The Kier molecular flexibility index (Phi) is 7.47. The molecule has 0 bridgehead atoms. The number of pyridine rings is 1. The van der Waals surface area contributed by atoms with Crippen LogP contribution in [0.1, 0.15) is 58.4 Å².